The Morgan fingerprint density at radius 3 is 2.52 bits per heavy atom. The number of pyridine rings is 1. The lowest BCUT2D eigenvalue weighted by Gasteiger charge is -2.28. The molecule has 2 aromatic rings. The van der Waals surface area contributed by atoms with Crippen molar-refractivity contribution in [2.75, 3.05) is 36.5 Å². The number of benzene rings is 1. The Balaban J connectivity index is 1.59. The summed E-state index contributed by atoms with van der Waals surface area (Å²) in [5.41, 5.74) is 0.754. The summed E-state index contributed by atoms with van der Waals surface area (Å²) >= 11 is 6.91. The van der Waals surface area contributed by atoms with Crippen LogP contribution in [0.4, 0.5) is 24.5 Å². The molecule has 1 atom stereocenters. The number of aromatic nitrogens is 1. The molecule has 0 saturated carbocycles. The smallest absolute Gasteiger partial charge is 0.378 e. The quantitative estimate of drug-likeness (QED) is 0.675. The van der Waals surface area contributed by atoms with Crippen LogP contribution in [0.3, 0.4) is 0 Å². The molecule has 3 rings (SSSR count). The molecule has 1 fully saturated rings. The van der Waals surface area contributed by atoms with Crippen LogP contribution in [0.1, 0.15) is 12.5 Å². The predicted octanol–water partition coefficient (Wildman–Crippen LogP) is 4.71. The van der Waals surface area contributed by atoms with Crippen LogP contribution in [0.15, 0.2) is 41.6 Å². The van der Waals surface area contributed by atoms with Gasteiger partial charge in [-0.1, -0.05) is 23.4 Å². The fourth-order valence-electron chi connectivity index (χ4n) is 2.71. The zero-order valence-corrected chi connectivity index (χ0v) is 17.1. The molecule has 156 valence electrons. The molecule has 1 aliphatic rings. The summed E-state index contributed by atoms with van der Waals surface area (Å²) in [6.45, 7) is 4.65. The fourth-order valence-corrected chi connectivity index (χ4v) is 3.80. The van der Waals surface area contributed by atoms with Crippen LogP contribution in [0.25, 0.3) is 0 Å². The first-order valence-corrected chi connectivity index (χ1v) is 10.1. The van der Waals surface area contributed by atoms with E-state index >= 15 is 0 Å². The van der Waals surface area contributed by atoms with Crippen molar-refractivity contribution in [3.05, 3.63) is 47.1 Å². The largest absolute Gasteiger partial charge is 0.417 e. The number of ether oxygens (including phenoxy) is 1. The lowest BCUT2D eigenvalue weighted by molar-refractivity contribution is -0.137. The van der Waals surface area contributed by atoms with Crippen molar-refractivity contribution in [3.8, 4) is 0 Å². The van der Waals surface area contributed by atoms with E-state index in [-0.39, 0.29) is 16.0 Å². The highest BCUT2D eigenvalue weighted by molar-refractivity contribution is 8.00. The van der Waals surface area contributed by atoms with Gasteiger partial charge in [0, 0.05) is 30.7 Å². The van der Waals surface area contributed by atoms with E-state index in [0.717, 1.165) is 36.6 Å². The van der Waals surface area contributed by atoms with Gasteiger partial charge < -0.3 is 15.0 Å². The number of carbonyl (C=O) groups is 1. The highest BCUT2D eigenvalue weighted by atomic mass is 35.5. The van der Waals surface area contributed by atoms with Crippen LogP contribution in [-0.4, -0.2) is 42.4 Å². The molecule has 0 bridgehead atoms. The second kappa shape index (κ2) is 9.23. The van der Waals surface area contributed by atoms with Crippen LogP contribution in [0, 0.1) is 0 Å². The average molecular weight is 446 g/mol. The van der Waals surface area contributed by atoms with E-state index in [9.17, 15) is 18.0 Å². The van der Waals surface area contributed by atoms with Gasteiger partial charge in [-0.25, -0.2) is 4.98 Å². The molecule has 0 spiro atoms. The Kier molecular flexibility index (Phi) is 6.92. The van der Waals surface area contributed by atoms with Gasteiger partial charge in [-0.2, -0.15) is 13.2 Å². The van der Waals surface area contributed by atoms with Gasteiger partial charge in [-0.05, 0) is 37.3 Å². The maximum absolute atomic E-state index is 12.7. The van der Waals surface area contributed by atoms with E-state index in [4.69, 9.17) is 16.3 Å². The van der Waals surface area contributed by atoms with E-state index in [1.165, 1.54) is 0 Å². The number of morpholine rings is 1. The number of anilines is 2. The second-order valence-electron chi connectivity index (χ2n) is 6.40. The molecule has 2 heterocycles. The van der Waals surface area contributed by atoms with Crippen molar-refractivity contribution in [1.29, 1.82) is 0 Å². The zero-order chi connectivity index (χ0) is 21.0. The Morgan fingerprint density at radius 2 is 1.93 bits per heavy atom. The Morgan fingerprint density at radius 1 is 1.28 bits per heavy atom. The van der Waals surface area contributed by atoms with Gasteiger partial charge in [0.2, 0.25) is 5.91 Å². The predicted molar refractivity (Wildman–Crippen MR) is 108 cm³/mol. The average Bonchev–Trinajstić information content (AvgIpc) is 2.70. The summed E-state index contributed by atoms with van der Waals surface area (Å²) in [6, 6.07) is 8.28. The first-order valence-electron chi connectivity index (χ1n) is 8.87. The summed E-state index contributed by atoms with van der Waals surface area (Å²) in [5.74, 6) is -0.299. The highest BCUT2D eigenvalue weighted by Gasteiger charge is 2.32. The Bertz CT molecular complexity index is 859. The molecule has 1 aromatic carbocycles. The van der Waals surface area contributed by atoms with Gasteiger partial charge in [0.15, 0.2) is 0 Å². The monoisotopic (exact) mass is 445 g/mol. The minimum absolute atomic E-state index is 0.140. The normalized spacial score (nSPS) is 15.8. The molecule has 0 unspecified atom stereocenters. The third-order valence-electron chi connectivity index (χ3n) is 4.30. The second-order valence-corrected chi connectivity index (χ2v) is 8.14. The summed E-state index contributed by atoms with van der Waals surface area (Å²) in [7, 11) is 0. The number of thioether (sulfide) groups is 1. The van der Waals surface area contributed by atoms with E-state index in [1.807, 2.05) is 24.3 Å². The molecular weight excluding hydrogens is 427 g/mol. The number of amides is 1. The molecule has 1 aromatic heterocycles. The maximum atomic E-state index is 12.7. The number of alkyl halides is 3. The summed E-state index contributed by atoms with van der Waals surface area (Å²) in [6.07, 6.45) is -3.81. The van der Waals surface area contributed by atoms with Crippen molar-refractivity contribution in [2.45, 2.75) is 23.4 Å². The Hall–Kier alpha value is -1.97. The molecule has 1 N–H and O–H groups in total. The topological polar surface area (TPSA) is 54.5 Å². The molecule has 0 aliphatic carbocycles. The van der Waals surface area contributed by atoms with Crippen LogP contribution in [0.2, 0.25) is 5.02 Å². The first-order chi connectivity index (χ1) is 13.7. The van der Waals surface area contributed by atoms with E-state index in [1.54, 1.807) is 6.92 Å². The molecule has 1 aliphatic heterocycles. The third-order valence-corrected chi connectivity index (χ3v) is 5.82. The van der Waals surface area contributed by atoms with Gasteiger partial charge in [0.05, 0.1) is 29.0 Å². The molecule has 1 saturated heterocycles. The number of halogens is 4. The van der Waals surface area contributed by atoms with Gasteiger partial charge >= 0.3 is 6.18 Å². The lowest BCUT2D eigenvalue weighted by Crippen LogP contribution is -2.36. The minimum Gasteiger partial charge on any atom is -0.378 e. The van der Waals surface area contributed by atoms with Crippen LogP contribution in [0.5, 0.6) is 0 Å². The SMILES string of the molecule is C[C@@H](Sc1ncc(C(F)(F)F)cc1Cl)C(=O)Nc1ccc(N2CCOCC2)cc1. The van der Waals surface area contributed by atoms with Gasteiger partial charge in [0.1, 0.15) is 5.03 Å². The van der Waals surface area contributed by atoms with Crippen LogP contribution < -0.4 is 10.2 Å². The molecular formula is C19H19ClF3N3O2S. The molecule has 0 radical (unpaired) electrons. The van der Waals surface area contributed by atoms with Crippen molar-refractivity contribution in [1.82, 2.24) is 4.98 Å². The van der Waals surface area contributed by atoms with Crippen molar-refractivity contribution in [2.24, 2.45) is 0 Å². The maximum Gasteiger partial charge on any atom is 0.417 e. The summed E-state index contributed by atoms with van der Waals surface area (Å²) in [4.78, 5) is 18.4. The number of carbonyl (C=O) groups excluding carboxylic acids is 1. The summed E-state index contributed by atoms with van der Waals surface area (Å²) in [5, 5.41) is 2.22. The molecule has 1 amide bonds. The van der Waals surface area contributed by atoms with Gasteiger partial charge in [-0.3, -0.25) is 4.79 Å². The van der Waals surface area contributed by atoms with Gasteiger partial charge in [0.25, 0.3) is 0 Å². The van der Waals surface area contributed by atoms with Crippen molar-refractivity contribution in [3.63, 3.8) is 0 Å². The molecule has 29 heavy (non-hydrogen) atoms. The first kappa shape index (κ1) is 21.7. The molecule has 10 heteroatoms. The number of rotatable bonds is 5. The third kappa shape index (κ3) is 5.77. The fraction of sp³-hybridized carbons (Fsp3) is 0.368. The zero-order valence-electron chi connectivity index (χ0n) is 15.5. The van der Waals surface area contributed by atoms with E-state index in [2.05, 4.69) is 15.2 Å². The summed E-state index contributed by atoms with van der Waals surface area (Å²) < 4.78 is 43.4. The minimum atomic E-state index is -4.52. The van der Waals surface area contributed by atoms with Crippen molar-refractivity contribution < 1.29 is 22.7 Å². The van der Waals surface area contributed by atoms with Crippen LogP contribution >= 0.6 is 23.4 Å². The van der Waals surface area contributed by atoms with Crippen LogP contribution in [-0.2, 0) is 15.7 Å². The lowest BCUT2D eigenvalue weighted by atomic mass is 10.2. The number of nitrogens with one attached hydrogen (secondary N) is 1. The van der Waals surface area contributed by atoms with Crippen molar-refractivity contribution >= 4 is 40.6 Å². The molecule has 5 nitrogen and oxygen atoms in total. The number of hydrogen-bond acceptors (Lipinski definition) is 5. The van der Waals surface area contributed by atoms with E-state index < -0.39 is 17.0 Å². The standard InChI is InChI=1S/C19H19ClF3N3O2S/c1-12(29-18-16(20)10-13(11-24-18)19(21,22)23)17(27)25-14-2-4-15(5-3-14)26-6-8-28-9-7-26/h2-5,10-12H,6-9H2,1H3,(H,25,27)/t12-/m1/s1. The number of nitrogens with zero attached hydrogens (tertiary/aromatic N) is 2. The van der Waals surface area contributed by atoms with E-state index in [0.29, 0.717) is 25.1 Å². The van der Waals surface area contributed by atoms with Gasteiger partial charge in [-0.15, -0.1) is 0 Å². The Labute approximate surface area is 175 Å². The highest BCUT2D eigenvalue weighted by Crippen LogP contribution is 2.35. The number of hydrogen-bond donors (Lipinski definition) is 1.